The monoisotopic (exact) mass is 418 g/mol. The maximum absolute atomic E-state index is 12.7. The third kappa shape index (κ3) is 5.97. The molecule has 0 radical (unpaired) electrons. The van der Waals surface area contributed by atoms with E-state index in [4.69, 9.17) is 4.74 Å². The van der Waals surface area contributed by atoms with E-state index in [1.165, 1.54) is 12.8 Å². The number of nitrogens with one attached hydrogen (secondary N) is 1. The minimum absolute atomic E-state index is 0.000487. The number of ether oxygens (including phenoxy) is 1. The molecule has 2 amide bonds. The Kier molecular flexibility index (Phi) is 7.03. The fourth-order valence-electron chi connectivity index (χ4n) is 4.29. The van der Waals surface area contributed by atoms with E-state index in [0.717, 1.165) is 29.8 Å². The first-order chi connectivity index (χ1) is 15.2. The number of carbonyl (C=O) groups excluding carboxylic acids is 2. The largest absolute Gasteiger partial charge is 0.490 e. The van der Waals surface area contributed by atoms with Crippen LogP contribution in [0.4, 0.5) is 5.69 Å². The van der Waals surface area contributed by atoms with E-state index in [-0.39, 0.29) is 17.7 Å². The Bertz CT molecular complexity index is 911. The number of amides is 2. The van der Waals surface area contributed by atoms with Crippen molar-refractivity contribution in [2.45, 2.75) is 44.6 Å². The Morgan fingerprint density at radius 1 is 0.935 bits per heavy atom. The van der Waals surface area contributed by atoms with Crippen molar-refractivity contribution in [2.24, 2.45) is 5.92 Å². The fourth-order valence-corrected chi connectivity index (χ4v) is 4.29. The number of carbonyl (C=O) groups is 2. The lowest BCUT2D eigenvalue weighted by molar-refractivity contribution is -0.130. The van der Waals surface area contributed by atoms with Crippen molar-refractivity contribution in [3.05, 3.63) is 66.2 Å². The molecule has 0 spiro atoms. The van der Waals surface area contributed by atoms with Crippen LogP contribution in [0.1, 0.15) is 44.1 Å². The highest BCUT2D eigenvalue weighted by Crippen LogP contribution is 2.26. The van der Waals surface area contributed by atoms with Gasteiger partial charge < -0.3 is 15.0 Å². The van der Waals surface area contributed by atoms with Gasteiger partial charge in [-0.3, -0.25) is 9.59 Å². The predicted molar refractivity (Wildman–Crippen MR) is 123 cm³/mol. The predicted octanol–water partition coefficient (Wildman–Crippen LogP) is 4.90. The van der Waals surface area contributed by atoms with Crippen molar-refractivity contribution < 1.29 is 14.3 Å². The summed E-state index contributed by atoms with van der Waals surface area (Å²) in [4.78, 5) is 27.0. The van der Waals surface area contributed by atoms with Crippen LogP contribution in [0.15, 0.2) is 60.7 Å². The molecular formula is C26H30N2O3. The zero-order chi connectivity index (χ0) is 21.5. The summed E-state index contributed by atoms with van der Waals surface area (Å²) < 4.78 is 6.04. The Morgan fingerprint density at radius 3 is 2.42 bits per heavy atom. The summed E-state index contributed by atoms with van der Waals surface area (Å²) in [5.41, 5.74) is 1.77. The Hall–Kier alpha value is -3.08. The summed E-state index contributed by atoms with van der Waals surface area (Å²) in [6.45, 7) is 1.20. The molecule has 1 aliphatic heterocycles. The molecule has 2 aromatic carbocycles. The molecule has 5 heteroatoms. The molecule has 0 bridgehead atoms. The molecule has 2 fully saturated rings. The van der Waals surface area contributed by atoms with Crippen molar-refractivity contribution in [1.29, 1.82) is 0 Å². The van der Waals surface area contributed by atoms with Gasteiger partial charge in [-0.15, -0.1) is 0 Å². The summed E-state index contributed by atoms with van der Waals surface area (Å²) in [5.74, 6) is 0.751. The van der Waals surface area contributed by atoms with Crippen LogP contribution < -0.4 is 10.1 Å². The zero-order valence-electron chi connectivity index (χ0n) is 17.8. The third-order valence-corrected chi connectivity index (χ3v) is 6.10. The maximum atomic E-state index is 12.7. The maximum Gasteiger partial charge on any atom is 0.246 e. The standard InChI is InChI=1S/C26H30N2O3/c29-25(14-13-20-7-2-1-3-8-20)28-17-15-21(16-18-28)26(30)27-22-9-6-12-24(19-22)31-23-10-4-5-11-23/h1-3,6-9,12-14,19,21,23H,4-5,10-11,15-18H2,(H,27,30). The normalized spacial score (nSPS) is 17.7. The summed E-state index contributed by atoms with van der Waals surface area (Å²) in [7, 11) is 0. The smallest absolute Gasteiger partial charge is 0.246 e. The molecule has 5 nitrogen and oxygen atoms in total. The van der Waals surface area contributed by atoms with E-state index in [1.807, 2.05) is 65.6 Å². The van der Waals surface area contributed by atoms with Crippen LogP contribution in [0.2, 0.25) is 0 Å². The number of nitrogens with zero attached hydrogens (tertiary/aromatic N) is 1. The van der Waals surface area contributed by atoms with Crippen LogP contribution in [-0.2, 0) is 9.59 Å². The summed E-state index contributed by atoms with van der Waals surface area (Å²) in [6.07, 6.45) is 9.76. The minimum atomic E-state index is -0.0819. The van der Waals surface area contributed by atoms with Gasteiger partial charge in [-0.05, 0) is 62.3 Å². The van der Waals surface area contributed by atoms with Gasteiger partial charge in [0.1, 0.15) is 5.75 Å². The number of piperidine rings is 1. The van der Waals surface area contributed by atoms with E-state index < -0.39 is 0 Å². The van der Waals surface area contributed by atoms with E-state index in [9.17, 15) is 9.59 Å². The van der Waals surface area contributed by atoms with Gasteiger partial charge in [0.25, 0.3) is 0 Å². The topological polar surface area (TPSA) is 58.6 Å². The summed E-state index contributed by atoms with van der Waals surface area (Å²) in [5, 5.41) is 3.03. The minimum Gasteiger partial charge on any atom is -0.490 e. The molecule has 0 unspecified atom stereocenters. The number of anilines is 1. The van der Waals surface area contributed by atoms with Crippen LogP contribution in [0.3, 0.4) is 0 Å². The average molecular weight is 419 g/mol. The second-order valence-corrected chi connectivity index (χ2v) is 8.38. The Labute approximate surface area is 184 Å². The highest BCUT2D eigenvalue weighted by atomic mass is 16.5. The number of hydrogen-bond donors (Lipinski definition) is 1. The molecule has 1 aliphatic carbocycles. The quantitative estimate of drug-likeness (QED) is 0.679. The number of hydrogen-bond acceptors (Lipinski definition) is 3. The van der Waals surface area contributed by atoms with Gasteiger partial charge in [0.15, 0.2) is 0 Å². The summed E-state index contributed by atoms with van der Waals surface area (Å²) >= 11 is 0. The fraction of sp³-hybridized carbons (Fsp3) is 0.385. The molecule has 1 N–H and O–H groups in total. The van der Waals surface area contributed by atoms with Crippen LogP contribution in [0.25, 0.3) is 6.08 Å². The van der Waals surface area contributed by atoms with Gasteiger partial charge >= 0.3 is 0 Å². The van der Waals surface area contributed by atoms with E-state index in [0.29, 0.717) is 32.0 Å². The van der Waals surface area contributed by atoms with Gasteiger partial charge in [-0.1, -0.05) is 36.4 Å². The lowest BCUT2D eigenvalue weighted by Gasteiger charge is -2.30. The second-order valence-electron chi connectivity index (χ2n) is 8.38. The first-order valence-electron chi connectivity index (χ1n) is 11.3. The Balaban J connectivity index is 1.25. The molecule has 1 saturated carbocycles. The SMILES string of the molecule is O=C(Nc1cccc(OC2CCCC2)c1)C1CCN(C(=O)C=Cc2ccccc2)CC1. The molecule has 1 heterocycles. The molecule has 2 aromatic rings. The van der Waals surface area contributed by atoms with Crippen molar-refractivity contribution in [1.82, 2.24) is 4.90 Å². The molecule has 0 atom stereocenters. The number of benzene rings is 2. The molecular weight excluding hydrogens is 388 g/mol. The van der Waals surface area contributed by atoms with Crippen LogP contribution in [0, 0.1) is 5.92 Å². The van der Waals surface area contributed by atoms with Gasteiger partial charge in [0.05, 0.1) is 6.10 Å². The Morgan fingerprint density at radius 2 is 1.68 bits per heavy atom. The van der Waals surface area contributed by atoms with Gasteiger partial charge in [0, 0.05) is 36.8 Å². The molecule has 4 rings (SSSR count). The van der Waals surface area contributed by atoms with Crippen molar-refractivity contribution in [3.63, 3.8) is 0 Å². The molecule has 0 aromatic heterocycles. The van der Waals surface area contributed by atoms with Gasteiger partial charge in [0.2, 0.25) is 11.8 Å². The van der Waals surface area contributed by atoms with E-state index in [1.54, 1.807) is 6.08 Å². The van der Waals surface area contributed by atoms with Crippen LogP contribution in [-0.4, -0.2) is 35.9 Å². The molecule has 2 aliphatic rings. The van der Waals surface area contributed by atoms with Gasteiger partial charge in [-0.25, -0.2) is 0 Å². The molecule has 1 saturated heterocycles. The highest BCUT2D eigenvalue weighted by molar-refractivity contribution is 5.94. The average Bonchev–Trinajstić information content (AvgIpc) is 3.31. The second kappa shape index (κ2) is 10.3. The summed E-state index contributed by atoms with van der Waals surface area (Å²) in [6, 6.07) is 17.4. The lowest BCUT2D eigenvalue weighted by atomic mass is 9.95. The molecule has 162 valence electrons. The lowest BCUT2D eigenvalue weighted by Crippen LogP contribution is -2.40. The van der Waals surface area contributed by atoms with Crippen LogP contribution in [0.5, 0.6) is 5.75 Å². The zero-order valence-corrected chi connectivity index (χ0v) is 17.8. The van der Waals surface area contributed by atoms with Crippen molar-refractivity contribution in [2.75, 3.05) is 18.4 Å². The van der Waals surface area contributed by atoms with E-state index in [2.05, 4.69) is 5.32 Å². The molecule has 31 heavy (non-hydrogen) atoms. The van der Waals surface area contributed by atoms with Crippen molar-refractivity contribution >= 4 is 23.6 Å². The van der Waals surface area contributed by atoms with E-state index >= 15 is 0 Å². The first kappa shape index (κ1) is 21.2. The number of rotatable bonds is 6. The van der Waals surface area contributed by atoms with Gasteiger partial charge in [-0.2, -0.15) is 0 Å². The third-order valence-electron chi connectivity index (χ3n) is 6.10. The first-order valence-corrected chi connectivity index (χ1v) is 11.3. The number of likely N-dealkylation sites (tertiary alicyclic amines) is 1. The van der Waals surface area contributed by atoms with Crippen molar-refractivity contribution in [3.8, 4) is 5.75 Å². The van der Waals surface area contributed by atoms with Crippen LogP contribution >= 0.6 is 0 Å². The highest BCUT2D eigenvalue weighted by Gasteiger charge is 2.26.